The van der Waals surface area contributed by atoms with Gasteiger partial charge in [-0.2, -0.15) is 0 Å². The fraction of sp³-hybridized carbons (Fsp3) is 0.462. The third-order valence-corrected chi connectivity index (χ3v) is 3.42. The molecule has 1 heterocycles. The van der Waals surface area contributed by atoms with Crippen LogP contribution in [0.25, 0.3) is 0 Å². The second-order valence-corrected chi connectivity index (χ2v) is 4.63. The Labute approximate surface area is 106 Å². The van der Waals surface area contributed by atoms with Gasteiger partial charge in [-0.1, -0.05) is 6.07 Å². The van der Waals surface area contributed by atoms with Crippen molar-refractivity contribution >= 4 is 5.97 Å². The molecule has 0 radical (unpaired) electrons. The van der Waals surface area contributed by atoms with Crippen LogP contribution in [0, 0.1) is 0 Å². The van der Waals surface area contributed by atoms with Crippen molar-refractivity contribution in [3.63, 3.8) is 0 Å². The number of likely N-dealkylation sites (N-methyl/N-ethyl adjacent to an activating group) is 1. The van der Waals surface area contributed by atoms with E-state index in [1.54, 1.807) is 44.1 Å². The number of nitrogens with zero attached hydrogens (tertiary/aromatic N) is 1. The fourth-order valence-electron chi connectivity index (χ4n) is 1.92. The van der Waals surface area contributed by atoms with Crippen molar-refractivity contribution in [1.82, 2.24) is 4.90 Å². The summed E-state index contributed by atoms with van der Waals surface area (Å²) in [6, 6.07) is 5.26. The van der Waals surface area contributed by atoms with E-state index < -0.39 is 11.5 Å². The number of aliphatic carboxylic acids is 1. The van der Waals surface area contributed by atoms with Crippen molar-refractivity contribution in [2.24, 2.45) is 0 Å². The fourth-order valence-corrected chi connectivity index (χ4v) is 1.92. The minimum absolute atomic E-state index is 0.488. The van der Waals surface area contributed by atoms with E-state index in [2.05, 4.69) is 0 Å². The largest absolute Gasteiger partial charge is 0.486 e. The second kappa shape index (κ2) is 4.49. The van der Waals surface area contributed by atoms with Gasteiger partial charge in [0.05, 0.1) is 0 Å². The van der Waals surface area contributed by atoms with Gasteiger partial charge in [0.1, 0.15) is 18.8 Å². The van der Waals surface area contributed by atoms with Crippen LogP contribution in [-0.2, 0) is 10.3 Å². The van der Waals surface area contributed by atoms with Gasteiger partial charge < -0.3 is 14.6 Å². The van der Waals surface area contributed by atoms with Crippen LogP contribution >= 0.6 is 0 Å². The topological polar surface area (TPSA) is 59.0 Å². The van der Waals surface area contributed by atoms with Crippen LogP contribution in [0.4, 0.5) is 0 Å². The Kier molecular flexibility index (Phi) is 3.17. The summed E-state index contributed by atoms with van der Waals surface area (Å²) in [4.78, 5) is 13.2. The minimum Gasteiger partial charge on any atom is -0.486 e. The summed E-state index contributed by atoms with van der Waals surface area (Å²) in [5.74, 6) is 0.369. The van der Waals surface area contributed by atoms with Crippen molar-refractivity contribution < 1.29 is 19.4 Å². The molecule has 0 fully saturated rings. The summed E-state index contributed by atoms with van der Waals surface area (Å²) >= 11 is 0. The zero-order valence-electron chi connectivity index (χ0n) is 10.8. The summed E-state index contributed by atoms with van der Waals surface area (Å²) in [5.41, 5.74) is -0.417. The van der Waals surface area contributed by atoms with Crippen molar-refractivity contribution in [1.29, 1.82) is 0 Å². The summed E-state index contributed by atoms with van der Waals surface area (Å²) in [5, 5.41) is 9.45. The molecule has 2 rings (SSSR count). The number of fused-ring (bicyclic) bond motifs is 1. The van der Waals surface area contributed by atoms with E-state index in [-0.39, 0.29) is 0 Å². The molecule has 0 amide bonds. The van der Waals surface area contributed by atoms with E-state index in [9.17, 15) is 9.90 Å². The molecule has 5 nitrogen and oxygen atoms in total. The van der Waals surface area contributed by atoms with Crippen LogP contribution in [0.3, 0.4) is 0 Å². The van der Waals surface area contributed by atoms with Gasteiger partial charge in [-0.3, -0.25) is 4.90 Å². The Morgan fingerprint density at radius 1 is 1.28 bits per heavy atom. The number of rotatable bonds is 3. The van der Waals surface area contributed by atoms with E-state index in [1.807, 2.05) is 0 Å². The van der Waals surface area contributed by atoms with Crippen molar-refractivity contribution in [3.05, 3.63) is 23.8 Å². The first-order chi connectivity index (χ1) is 8.46. The van der Waals surface area contributed by atoms with Crippen LogP contribution in [0.2, 0.25) is 0 Å². The summed E-state index contributed by atoms with van der Waals surface area (Å²) in [7, 11) is 3.48. The van der Waals surface area contributed by atoms with Crippen LogP contribution in [-0.4, -0.2) is 43.3 Å². The van der Waals surface area contributed by atoms with Gasteiger partial charge in [-0.15, -0.1) is 0 Å². The van der Waals surface area contributed by atoms with Crippen molar-refractivity contribution in [3.8, 4) is 11.5 Å². The molecule has 1 atom stereocenters. The smallest absolute Gasteiger partial charge is 0.328 e. The van der Waals surface area contributed by atoms with Crippen LogP contribution in [0.15, 0.2) is 18.2 Å². The normalized spacial score (nSPS) is 17.3. The highest BCUT2D eigenvalue weighted by molar-refractivity contribution is 5.80. The Balaban J connectivity index is 2.46. The lowest BCUT2D eigenvalue weighted by molar-refractivity contribution is -0.149. The number of hydrogen-bond acceptors (Lipinski definition) is 4. The lowest BCUT2D eigenvalue weighted by Gasteiger charge is -2.33. The Morgan fingerprint density at radius 2 is 1.89 bits per heavy atom. The lowest BCUT2D eigenvalue weighted by atomic mass is 9.90. The standard InChI is InChI=1S/C13H17NO4/c1-13(12(15)16,14(2)3)9-4-5-10-11(8-9)18-7-6-17-10/h4-5,8H,6-7H2,1-3H3,(H,15,16)/t13-/m1/s1. The average molecular weight is 251 g/mol. The Hall–Kier alpha value is -1.75. The number of carboxylic acid groups (broad SMARTS) is 1. The molecular formula is C13H17NO4. The van der Waals surface area contributed by atoms with Gasteiger partial charge in [-0.25, -0.2) is 4.79 Å². The Bertz CT molecular complexity index is 472. The molecule has 0 bridgehead atoms. The first kappa shape index (κ1) is 12.7. The minimum atomic E-state index is -1.09. The quantitative estimate of drug-likeness (QED) is 0.878. The molecular weight excluding hydrogens is 234 g/mol. The highest BCUT2D eigenvalue weighted by Gasteiger charge is 2.38. The summed E-state index contributed by atoms with van der Waals surface area (Å²) in [6.07, 6.45) is 0. The number of hydrogen-bond donors (Lipinski definition) is 1. The highest BCUT2D eigenvalue weighted by Crippen LogP contribution is 2.36. The third-order valence-electron chi connectivity index (χ3n) is 3.42. The maximum Gasteiger partial charge on any atom is 0.328 e. The zero-order valence-corrected chi connectivity index (χ0v) is 10.8. The zero-order chi connectivity index (χ0) is 13.3. The maximum absolute atomic E-state index is 11.5. The average Bonchev–Trinajstić information content (AvgIpc) is 2.36. The molecule has 1 N–H and O–H groups in total. The molecule has 18 heavy (non-hydrogen) atoms. The van der Waals surface area contributed by atoms with E-state index in [0.29, 0.717) is 30.3 Å². The van der Waals surface area contributed by atoms with Crippen LogP contribution in [0.1, 0.15) is 12.5 Å². The molecule has 1 aliphatic rings. The van der Waals surface area contributed by atoms with Gasteiger partial charge in [0, 0.05) is 0 Å². The SMILES string of the molecule is CN(C)[C@@](C)(C(=O)O)c1ccc2c(c1)OCCO2. The number of ether oxygens (including phenoxy) is 2. The van der Waals surface area contributed by atoms with Gasteiger partial charge in [0.15, 0.2) is 11.5 Å². The van der Waals surface area contributed by atoms with E-state index in [4.69, 9.17) is 9.47 Å². The molecule has 0 aromatic heterocycles. The molecule has 1 aliphatic heterocycles. The second-order valence-electron chi connectivity index (χ2n) is 4.63. The molecule has 1 aromatic rings. The molecule has 0 saturated heterocycles. The van der Waals surface area contributed by atoms with Crippen molar-refractivity contribution in [2.75, 3.05) is 27.3 Å². The Morgan fingerprint density at radius 3 is 2.44 bits per heavy atom. The van der Waals surface area contributed by atoms with Gasteiger partial charge in [-0.05, 0) is 38.7 Å². The molecule has 98 valence electrons. The van der Waals surface area contributed by atoms with E-state index >= 15 is 0 Å². The summed E-state index contributed by atoms with van der Waals surface area (Å²) in [6.45, 7) is 2.68. The van der Waals surface area contributed by atoms with Crippen LogP contribution in [0.5, 0.6) is 11.5 Å². The number of carboxylic acids is 1. The first-order valence-corrected chi connectivity index (χ1v) is 5.77. The van der Waals surface area contributed by atoms with Crippen LogP contribution < -0.4 is 9.47 Å². The summed E-state index contributed by atoms with van der Waals surface area (Å²) < 4.78 is 10.9. The van der Waals surface area contributed by atoms with E-state index in [0.717, 1.165) is 0 Å². The van der Waals surface area contributed by atoms with Gasteiger partial charge in [0.2, 0.25) is 0 Å². The first-order valence-electron chi connectivity index (χ1n) is 5.77. The lowest BCUT2D eigenvalue weighted by Crippen LogP contribution is -2.45. The van der Waals surface area contributed by atoms with E-state index in [1.165, 1.54) is 0 Å². The third kappa shape index (κ3) is 1.90. The highest BCUT2D eigenvalue weighted by atomic mass is 16.6. The maximum atomic E-state index is 11.5. The predicted octanol–water partition coefficient (Wildman–Crippen LogP) is 1.32. The monoisotopic (exact) mass is 251 g/mol. The van der Waals surface area contributed by atoms with Gasteiger partial charge >= 0.3 is 5.97 Å². The molecule has 5 heteroatoms. The molecule has 1 aromatic carbocycles. The number of benzene rings is 1. The molecule has 0 spiro atoms. The molecule has 0 aliphatic carbocycles. The number of carbonyl (C=O) groups is 1. The molecule has 0 saturated carbocycles. The predicted molar refractivity (Wildman–Crippen MR) is 66.1 cm³/mol. The van der Waals surface area contributed by atoms with Gasteiger partial charge in [0.25, 0.3) is 0 Å². The van der Waals surface area contributed by atoms with Crippen molar-refractivity contribution in [2.45, 2.75) is 12.5 Å². The molecule has 0 unspecified atom stereocenters.